The van der Waals surface area contributed by atoms with Crippen LogP contribution >= 0.6 is 11.6 Å². The zero-order valence-electron chi connectivity index (χ0n) is 18.0. The second-order valence-electron chi connectivity index (χ2n) is 8.09. The molecule has 0 atom stereocenters. The number of aliphatic imine (C=N–C) groups is 1. The number of para-hydroxylation sites is 1. The Hall–Kier alpha value is -4.10. The van der Waals surface area contributed by atoms with E-state index in [-0.39, 0.29) is 18.4 Å². The van der Waals surface area contributed by atoms with Crippen LogP contribution in [0.25, 0.3) is 5.69 Å². The molecule has 6 rings (SSSR count). The number of halogens is 1. The molecular formula is C26H18ClN5O2. The second kappa shape index (κ2) is 8.04. The van der Waals surface area contributed by atoms with Crippen LogP contribution in [0.15, 0.2) is 77.8 Å². The van der Waals surface area contributed by atoms with Gasteiger partial charge >= 0.3 is 0 Å². The first-order chi connectivity index (χ1) is 16.6. The lowest BCUT2D eigenvalue weighted by Gasteiger charge is -2.16. The van der Waals surface area contributed by atoms with E-state index in [1.807, 2.05) is 53.1 Å². The molecule has 2 aliphatic rings. The normalized spacial score (nSPS) is 14.4. The first-order valence-electron chi connectivity index (χ1n) is 10.9. The van der Waals surface area contributed by atoms with Gasteiger partial charge in [0.25, 0.3) is 11.8 Å². The van der Waals surface area contributed by atoms with Gasteiger partial charge in [-0.2, -0.15) is 0 Å². The largest absolute Gasteiger partial charge is 0.281 e. The molecule has 0 fully saturated rings. The summed E-state index contributed by atoms with van der Waals surface area (Å²) in [7, 11) is 0. The molecule has 0 saturated carbocycles. The van der Waals surface area contributed by atoms with E-state index in [1.54, 1.807) is 24.3 Å². The van der Waals surface area contributed by atoms with E-state index in [0.717, 1.165) is 22.5 Å². The summed E-state index contributed by atoms with van der Waals surface area (Å²) in [5.74, 6) is 0.795. The topological polar surface area (TPSA) is 80.5 Å². The molecule has 0 saturated heterocycles. The molecule has 7 nitrogen and oxygen atoms in total. The number of amides is 2. The van der Waals surface area contributed by atoms with Crippen molar-refractivity contribution in [3.05, 3.63) is 112 Å². The maximum Gasteiger partial charge on any atom is 0.261 e. The van der Waals surface area contributed by atoms with Crippen molar-refractivity contribution in [2.45, 2.75) is 13.0 Å². The third-order valence-corrected chi connectivity index (χ3v) is 6.47. The van der Waals surface area contributed by atoms with Gasteiger partial charge in [-0.1, -0.05) is 60.1 Å². The molecule has 1 aromatic heterocycles. The van der Waals surface area contributed by atoms with Crippen LogP contribution in [-0.4, -0.2) is 43.7 Å². The van der Waals surface area contributed by atoms with Crippen molar-refractivity contribution in [1.29, 1.82) is 0 Å². The van der Waals surface area contributed by atoms with Crippen LogP contribution in [0, 0.1) is 0 Å². The number of imide groups is 1. The van der Waals surface area contributed by atoms with Crippen molar-refractivity contribution in [3.8, 4) is 5.69 Å². The number of benzene rings is 3. The number of hydrogen-bond acceptors (Lipinski definition) is 5. The van der Waals surface area contributed by atoms with E-state index in [0.29, 0.717) is 40.8 Å². The highest BCUT2D eigenvalue weighted by atomic mass is 35.5. The summed E-state index contributed by atoms with van der Waals surface area (Å²) in [6.07, 6.45) is 0.369. The molecular weight excluding hydrogens is 450 g/mol. The van der Waals surface area contributed by atoms with Crippen LogP contribution in [0.2, 0.25) is 5.02 Å². The monoisotopic (exact) mass is 467 g/mol. The van der Waals surface area contributed by atoms with Crippen molar-refractivity contribution in [2.24, 2.45) is 4.99 Å². The van der Waals surface area contributed by atoms with Gasteiger partial charge in [-0.05, 0) is 24.3 Å². The molecule has 2 aliphatic heterocycles. The van der Waals surface area contributed by atoms with Crippen LogP contribution in [0.1, 0.15) is 43.5 Å². The van der Waals surface area contributed by atoms with Crippen molar-refractivity contribution >= 4 is 29.1 Å². The molecule has 4 aromatic rings. The van der Waals surface area contributed by atoms with Crippen LogP contribution in [0.3, 0.4) is 0 Å². The third-order valence-electron chi connectivity index (χ3n) is 6.14. The van der Waals surface area contributed by atoms with E-state index in [4.69, 9.17) is 16.6 Å². The number of fused-ring (bicyclic) bond motifs is 4. The van der Waals surface area contributed by atoms with Gasteiger partial charge in [0, 0.05) is 29.1 Å². The van der Waals surface area contributed by atoms with Crippen LogP contribution in [0.4, 0.5) is 0 Å². The minimum absolute atomic E-state index is 0.213. The van der Waals surface area contributed by atoms with E-state index in [1.165, 1.54) is 4.90 Å². The Morgan fingerprint density at radius 1 is 0.765 bits per heavy atom. The predicted molar refractivity (Wildman–Crippen MR) is 128 cm³/mol. The molecule has 0 bridgehead atoms. The number of hydrogen-bond donors (Lipinski definition) is 0. The smallest absolute Gasteiger partial charge is 0.261 e. The van der Waals surface area contributed by atoms with Gasteiger partial charge in [0.1, 0.15) is 12.4 Å². The Bertz CT molecular complexity index is 1470. The molecule has 34 heavy (non-hydrogen) atoms. The van der Waals surface area contributed by atoms with Gasteiger partial charge in [-0.15, -0.1) is 10.2 Å². The quantitative estimate of drug-likeness (QED) is 0.423. The van der Waals surface area contributed by atoms with E-state index in [2.05, 4.69) is 10.2 Å². The Kier molecular flexibility index (Phi) is 4.85. The average molecular weight is 468 g/mol. The maximum absolute atomic E-state index is 12.8. The summed E-state index contributed by atoms with van der Waals surface area (Å²) in [6.45, 7) is 0.542. The van der Waals surface area contributed by atoms with E-state index >= 15 is 0 Å². The lowest BCUT2D eigenvalue weighted by Crippen LogP contribution is -2.32. The fourth-order valence-corrected chi connectivity index (χ4v) is 4.76. The summed E-state index contributed by atoms with van der Waals surface area (Å²) in [5, 5.41) is 9.38. The van der Waals surface area contributed by atoms with Gasteiger partial charge in [-0.25, -0.2) is 0 Å². The summed E-state index contributed by atoms with van der Waals surface area (Å²) in [5.41, 5.74) is 4.32. The molecule has 0 spiro atoms. The molecule has 0 aliphatic carbocycles. The fourth-order valence-electron chi connectivity index (χ4n) is 4.54. The molecule has 3 aromatic carbocycles. The van der Waals surface area contributed by atoms with Crippen LogP contribution < -0.4 is 0 Å². The Morgan fingerprint density at radius 2 is 1.38 bits per heavy atom. The number of carbonyl (C=O) groups is 2. The summed E-state index contributed by atoms with van der Waals surface area (Å²) in [4.78, 5) is 31.7. The highest BCUT2D eigenvalue weighted by Crippen LogP contribution is 2.29. The Morgan fingerprint density at radius 3 is 2.09 bits per heavy atom. The zero-order valence-corrected chi connectivity index (χ0v) is 18.7. The summed E-state index contributed by atoms with van der Waals surface area (Å²) < 4.78 is 1.97. The van der Waals surface area contributed by atoms with E-state index < -0.39 is 0 Å². The highest BCUT2D eigenvalue weighted by Gasteiger charge is 2.35. The third kappa shape index (κ3) is 3.16. The van der Waals surface area contributed by atoms with Gasteiger partial charge in [0.05, 0.1) is 22.5 Å². The van der Waals surface area contributed by atoms with Crippen molar-refractivity contribution in [3.63, 3.8) is 0 Å². The number of rotatable bonds is 4. The lowest BCUT2D eigenvalue weighted by atomic mass is 10.0. The van der Waals surface area contributed by atoms with Gasteiger partial charge in [0.2, 0.25) is 0 Å². The first kappa shape index (κ1) is 20.5. The lowest BCUT2D eigenvalue weighted by molar-refractivity contribution is 0.0655. The number of aromatic nitrogens is 3. The second-order valence-corrected chi connectivity index (χ2v) is 8.49. The highest BCUT2D eigenvalue weighted by molar-refractivity contribution is 6.35. The number of nitrogens with zero attached hydrogens (tertiary/aromatic N) is 5. The Balaban J connectivity index is 1.35. The van der Waals surface area contributed by atoms with Crippen molar-refractivity contribution in [1.82, 2.24) is 19.7 Å². The SMILES string of the molecule is O=C1c2ccccc2C(=O)N1CCc1nnc2n1-c1ccccc1C(c1ccccc1Cl)=NC2. The van der Waals surface area contributed by atoms with Crippen LogP contribution in [-0.2, 0) is 13.0 Å². The van der Waals surface area contributed by atoms with Crippen LogP contribution in [0.5, 0.6) is 0 Å². The summed E-state index contributed by atoms with van der Waals surface area (Å²) in [6, 6.07) is 22.4. The zero-order chi connectivity index (χ0) is 23.2. The standard InChI is InChI=1S/C26H18ClN5O2/c27-20-11-5-3-9-18(20)24-19-10-4-6-12-21(19)32-22(29-30-23(32)15-28-24)13-14-31-25(33)16-7-1-2-8-17(16)26(31)34/h1-12H,13-15H2. The fraction of sp³-hybridized carbons (Fsp3) is 0.115. The summed E-state index contributed by atoms with van der Waals surface area (Å²) >= 11 is 6.50. The molecule has 8 heteroatoms. The molecule has 0 radical (unpaired) electrons. The number of carbonyl (C=O) groups excluding carboxylic acids is 2. The van der Waals surface area contributed by atoms with Crippen molar-refractivity contribution < 1.29 is 9.59 Å². The molecule has 3 heterocycles. The molecule has 2 amide bonds. The van der Waals surface area contributed by atoms with Gasteiger partial charge < -0.3 is 0 Å². The van der Waals surface area contributed by atoms with Gasteiger partial charge in [0.15, 0.2) is 5.82 Å². The predicted octanol–water partition coefficient (Wildman–Crippen LogP) is 4.11. The van der Waals surface area contributed by atoms with Crippen molar-refractivity contribution in [2.75, 3.05) is 6.54 Å². The van der Waals surface area contributed by atoms with E-state index in [9.17, 15) is 9.59 Å². The molecule has 0 unspecified atom stereocenters. The van der Waals surface area contributed by atoms with Gasteiger partial charge in [-0.3, -0.25) is 24.0 Å². The first-order valence-corrected chi connectivity index (χ1v) is 11.3. The molecule has 0 N–H and O–H groups in total. The maximum atomic E-state index is 12.8. The Labute approximate surface area is 200 Å². The minimum Gasteiger partial charge on any atom is -0.281 e. The average Bonchev–Trinajstić information content (AvgIpc) is 3.31. The molecule has 166 valence electrons. The minimum atomic E-state index is -0.277.